The highest BCUT2D eigenvalue weighted by Gasteiger charge is 2.47. The lowest BCUT2D eigenvalue weighted by Gasteiger charge is -2.40. The summed E-state index contributed by atoms with van der Waals surface area (Å²) in [7, 11) is 0. The lowest BCUT2D eigenvalue weighted by Crippen LogP contribution is -2.33. The maximum absolute atomic E-state index is 12.8. The van der Waals surface area contributed by atoms with Gasteiger partial charge in [0.25, 0.3) is 5.56 Å². The molecular weight excluding hydrogens is 390 g/mol. The molecule has 1 aliphatic carbocycles. The summed E-state index contributed by atoms with van der Waals surface area (Å²) in [5.41, 5.74) is 3.36. The second-order valence-electron chi connectivity index (χ2n) is 8.92. The van der Waals surface area contributed by atoms with Crippen LogP contribution in [0, 0.1) is 18.8 Å². The second-order valence-corrected chi connectivity index (χ2v) is 9.79. The topological polar surface area (TPSA) is 37.6 Å². The zero-order valence-corrected chi connectivity index (χ0v) is 17.9. The molecule has 5 heteroatoms. The minimum atomic E-state index is 0.106. The first-order valence-corrected chi connectivity index (χ1v) is 11.7. The highest BCUT2D eigenvalue weighted by atomic mass is 32.1. The van der Waals surface area contributed by atoms with E-state index in [1.807, 2.05) is 18.5 Å². The molecule has 2 aromatic carbocycles. The number of hydrogen-bond donors (Lipinski definition) is 0. The Morgan fingerprint density at radius 3 is 2.90 bits per heavy atom. The number of thiazole rings is 1. The van der Waals surface area contributed by atoms with E-state index in [0.717, 1.165) is 47.6 Å². The molecule has 0 radical (unpaired) electrons. The van der Waals surface area contributed by atoms with Crippen LogP contribution in [-0.4, -0.2) is 33.9 Å². The summed E-state index contributed by atoms with van der Waals surface area (Å²) in [6.07, 6.45) is 3.92. The maximum atomic E-state index is 12.8. The van der Waals surface area contributed by atoms with Gasteiger partial charge in [0.05, 0.1) is 0 Å². The molecule has 3 heterocycles. The fraction of sp³-hybridized carbons (Fsp3) is 0.360. The minimum Gasteiger partial charge on any atom is -0.302 e. The Bertz CT molecular complexity index is 1310. The molecule has 0 spiro atoms. The van der Waals surface area contributed by atoms with E-state index in [2.05, 4.69) is 52.3 Å². The number of rotatable bonds is 4. The van der Waals surface area contributed by atoms with Crippen LogP contribution in [0.4, 0.5) is 0 Å². The molecule has 0 bridgehead atoms. The van der Waals surface area contributed by atoms with Gasteiger partial charge in [0.1, 0.15) is 0 Å². The van der Waals surface area contributed by atoms with Crippen molar-refractivity contribution in [1.29, 1.82) is 0 Å². The fourth-order valence-corrected chi connectivity index (χ4v) is 6.33. The van der Waals surface area contributed by atoms with Crippen LogP contribution in [0.3, 0.4) is 0 Å². The van der Waals surface area contributed by atoms with Crippen molar-refractivity contribution in [3.8, 4) is 0 Å². The molecule has 1 saturated carbocycles. The number of fused-ring (bicyclic) bond motifs is 3. The van der Waals surface area contributed by atoms with E-state index in [-0.39, 0.29) is 5.56 Å². The lowest BCUT2D eigenvalue weighted by atomic mass is 9.64. The number of nitrogens with zero attached hydrogens (tertiary/aromatic N) is 3. The zero-order chi connectivity index (χ0) is 20.2. The first-order chi connectivity index (χ1) is 14.7. The molecule has 4 aromatic rings. The summed E-state index contributed by atoms with van der Waals surface area (Å²) in [6, 6.07) is 15.6. The minimum absolute atomic E-state index is 0.106. The SMILES string of the molecule is Cc1nc2sccn2c(=O)c1CCN1CC2CC(c3ccc4ccccc4c3)C2C1. The van der Waals surface area contributed by atoms with Crippen LogP contribution in [0.2, 0.25) is 0 Å². The Morgan fingerprint density at radius 1 is 1.13 bits per heavy atom. The van der Waals surface area contributed by atoms with E-state index in [0.29, 0.717) is 5.92 Å². The summed E-state index contributed by atoms with van der Waals surface area (Å²) in [4.78, 5) is 20.8. The van der Waals surface area contributed by atoms with Gasteiger partial charge in [-0.1, -0.05) is 42.5 Å². The van der Waals surface area contributed by atoms with Crippen molar-refractivity contribution in [1.82, 2.24) is 14.3 Å². The molecule has 3 atom stereocenters. The summed E-state index contributed by atoms with van der Waals surface area (Å²) in [6.45, 7) is 5.24. The van der Waals surface area contributed by atoms with Gasteiger partial charge in [-0.2, -0.15) is 0 Å². The number of aromatic nitrogens is 2. The predicted molar refractivity (Wildman–Crippen MR) is 123 cm³/mol. The highest BCUT2D eigenvalue weighted by Crippen LogP contribution is 2.51. The van der Waals surface area contributed by atoms with Crippen molar-refractivity contribution in [2.75, 3.05) is 19.6 Å². The third-order valence-corrected chi connectivity index (χ3v) is 8.04. The molecule has 2 fully saturated rings. The number of aryl methyl sites for hydroxylation is 1. The van der Waals surface area contributed by atoms with Crippen LogP contribution in [-0.2, 0) is 6.42 Å². The Hall–Kier alpha value is -2.50. The molecule has 0 N–H and O–H groups in total. The average Bonchev–Trinajstić information content (AvgIpc) is 3.33. The van der Waals surface area contributed by atoms with E-state index in [4.69, 9.17) is 0 Å². The summed E-state index contributed by atoms with van der Waals surface area (Å²) >= 11 is 1.52. The van der Waals surface area contributed by atoms with Gasteiger partial charge in [-0.05, 0) is 53.9 Å². The molecule has 2 aliphatic rings. The standard InChI is InChI=1S/C25H25N3OS/c1-16-21(24(29)28-10-11-30-25(28)26-16)8-9-27-14-20-13-22(23(20)15-27)19-7-6-17-4-2-3-5-18(17)12-19/h2-7,10-12,20,22-23H,8-9,13-15H2,1H3. The number of hydrogen-bond acceptors (Lipinski definition) is 4. The van der Waals surface area contributed by atoms with Gasteiger partial charge in [0.2, 0.25) is 0 Å². The van der Waals surface area contributed by atoms with Gasteiger partial charge in [0.15, 0.2) is 4.96 Å². The number of likely N-dealkylation sites (tertiary alicyclic amines) is 1. The van der Waals surface area contributed by atoms with Crippen molar-refractivity contribution in [3.05, 3.63) is 81.2 Å². The Labute approximate surface area is 179 Å². The number of benzene rings is 2. The van der Waals surface area contributed by atoms with Crippen molar-refractivity contribution >= 4 is 27.1 Å². The Morgan fingerprint density at radius 2 is 2.00 bits per heavy atom. The van der Waals surface area contributed by atoms with Crippen LogP contribution >= 0.6 is 11.3 Å². The Balaban J connectivity index is 1.16. The average molecular weight is 416 g/mol. The molecule has 3 unspecified atom stereocenters. The lowest BCUT2D eigenvalue weighted by molar-refractivity contribution is 0.191. The first-order valence-electron chi connectivity index (χ1n) is 10.8. The van der Waals surface area contributed by atoms with Crippen molar-refractivity contribution in [3.63, 3.8) is 0 Å². The molecule has 1 aliphatic heterocycles. The normalized spacial score (nSPS) is 23.7. The van der Waals surface area contributed by atoms with Crippen molar-refractivity contribution in [2.24, 2.45) is 11.8 Å². The highest BCUT2D eigenvalue weighted by molar-refractivity contribution is 7.15. The molecule has 1 saturated heterocycles. The van der Waals surface area contributed by atoms with Crippen LogP contribution in [0.25, 0.3) is 15.7 Å². The Kier molecular flexibility index (Phi) is 4.29. The molecule has 152 valence electrons. The second kappa shape index (κ2) is 7.03. The van der Waals surface area contributed by atoms with Crippen LogP contribution in [0.15, 0.2) is 58.8 Å². The third kappa shape index (κ3) is 2.91. The van der Waals surface area contributed by atoms with Gasteiger partial charge in [0, 0.05) is 42.5 Å². The summed E-state index contributed by atoms with van der Waals surface area (Å²) in [5.74, 6) is 2.24. The van der Waals surface area contributed by atoms with Crippen LogP contribution in [0.5, 0.6) is 0 Å². The molecule has 6 rings (SSSR count). The van der Waals surface area contributed by atoms with Crippen LogP contribution < -0.4 is 5.56 Å². The van der Waals surface area contributed by atoms with Crippen LogP contribution in [0.1, 0.15) is 29.2 Å². The maximum Gasteiger partial charge on any atom is 0.261 e. The monoisotopic (exact) mass is 415 g/mol. The summed E-state index contributed by atoms with van der Waals surface area (Å²) < 4.78 is 1.69. The van der Waals surface area contributed by atoms with E-state index >= 15 is 0 Å². The zero-order valence-electron chi connectivity index (χ0n) is 17.1. The predicted octanol–water partition coefficient (Wildman–Crippen LogP) is 4.50. The largest absolute Gasteiger partial charge is 0.302 e. The van der Waals surface area contributed by atoms with Crippen molar-refractivity contribution < 1.29 is 0 Å². The van der Waals surface area contributed by atoms with E-state index in [9.17, 15) is 4.79 Å². The van der Waals surface area contributed by atoms with E-state index in [1.165, 1.54) is 40.6 Å². The first kappa shape index (κ1) is 18.3. The molecular formula is C25H25N3OS. The van der Waals surface area contributed by atoms with Gasteiger partial charge >= 0.3 is 0 Å². The van der Waals surface area contributed by atoms with E-state index < -0.39 is 0 Å². The van der Waals surface area contributed by atoms with Gasteiger partial charge in [-0.25, -0.2) is 4.98 Å². The summed E-state index contributed by atoms with van der Waals surface area (Å²) in [5, 5.41) is 4.60. The molecule has 30 heavy (non-hydrogen) atoms. The fourth-order valence-electron chi connectivity index (χ4n) is 5.58. The van der Waals surface area contributed by atoms with E-state index in [1.54, 1.807) is 4.40 Å². The smallest absolute Gasteiger partial charge is 0.261 e. The molecule has 0 amide bonds. The van der Waals surface area contributed by atoms with Gasteiger partial charge in [-0.15, -0.1) is 11.3 Å². The van der Waals surface area contributed by atoms with Gasteiger partial charge in [-0.3, -0.25) is 9.20 Å². The molecule has 4 nitrogen and oxygen atoms in total. The van der Waals surface area contributed by atoms with Gasteiger partial charge < -0.3 is 4.90 Å². The quantitative estimate of drug-likeness (QED) is 0.493. The third-order valence-electron chi connectivity index (χ3n) is 7.29. The molecule has 2 aromatic heterocycles. The van der Waals surface area contributed by atoms with Crippen molar-refractivity contribution in [2.45, 2.75) is 25.7 Å².